The lowest BCUT2D eigenvalue weighted by Gasteiger charge is -2.48. The van der Waals surface area contributed by atoms with Crippen molar-refractivity contribution < 1.29 is 89.4 Å². The summed E-state index contributed by atoms with van der Waals surface area (Å²) in [4.78, 5) is 13.2. The van der Waals surface area contributed by atoms with Crippen molar-refractivity contribution in [1.29, 1.82) is 0 Å². The highest BCUT2D eigenvalue weighted by Gasteiger charge is 2.53. The minimum Gasteiger partial charge on any atom is -0.394 e. The van der Waals surface area contributed by atoms with E-state index in [0.29, 0.717) is 12.8 Å². The van der Waals surface area contributed by atoms with Gasteiger partial charge in [-0.05, 0) is 57.8 Å². The van der Waals surface area contributed by atoms with Crippen molar-refractivity contribution in [2.45, 2.75) is 253 Å². The number of aliphatic hydroxyl groups is 11. The smallest absolute Gasteiger partial charge is 0.220 e. The molecule has 0 radical (unpaired) electrons. The number of amides is 1. The Hall–Kier alpha value is -2.25. The summed E-state index contributed by atoms with van der Waals surface area (Å²) in [6.45, 7) is 1.59. The first-order valence-electron chi connectivity index (χ1n) is 26.9. The zero-order chi connectivity index (χ0) is 52.7. The van der Waals surface area contributed by atoms with Gasteiger partial charge in [0, 0.05) is 6.42 Å². The summed E-state index contributed by atoms with van der Waals surface area (Å²) in [5.74, 6) is -0.304. The summed E-state index contributed by atoms with van der Waals surface area (Å²) in [7, 11) is 0. The minimum absolute atomic E-state index is 0.217. The van der Waals surface area contributed by atoms with Crippen LogP contribution in [0.15, 0.2) is 48.6 Å². The summed E-state index contributed by atoms with van der Waals surface area (Å²) < 4.78 is 34.1. The van der Waals surface area contributed by atoms with Crippen LogP contribution in [0.2, 0.25) is 0 Å². The lowest BCUT2D eigenvalue weighted by Crippen LogP contribution is -2.66. The average molecular weight is 1030 g/mol. The number of allylic oxidation sites excluding steroid dienone is 7. The van der Waals surface area contributed by atoms with Crippen LogP contribution in [0, 0.1) is 0 Å². The van der Waals surface area contributed by atoms with Gasteiger partial charge in [0.05, 0.1) is 38.6 Å². The van der Waals surface area contributed by atoms with E-state index in [2.05, 4.69) is 55.6 Å². The van der Waals surface area contributed by atoms with Crippen LogP contribution in [-0.4, -0.2) is 193 Å². The Morgan fingerprint density at radius 3 is 1.51 bits per heavy atom. The Kier molecular flexibility index (Phi) is 33.3. The number of hydrogen-bond acceptors (Lipinski definition) is 18. The van der Waals surface area contributed by atoms with Crippen molar-refractivity contribution in [1.82, 2.24) is 5.32 Å². The lowest BCUT2D eigenvalue weighted by molar-refractivity contribution is -0.379. The fourth-order valence-corrected chi connectivity index (χ4v) is 8.81. The van der Waals surface area contributed by atoms with Crippen molar-refractivity contribution in [3.8, 4) is 0 Å². The van der Waals surface area contributed by atoms with Crippen molar-refractivity contribution in [3.05, 3.63) is 48.6 Å². The number of carbonyl (C=O) groups excluding carboxylic acids is 1. The Labute approximate surface area is 427 Å². The third-order valence-electron chi connectivity index (χ3n) is 13.3. The van der Waals surface area contributed by atoms with Crippen LogP contribution in [0.25, 0.3) is 0 Å². The van der Waals surface area contributed by atoms with E-state index in [1.807, 2.05) is 6.08 Å². The highest BCUT2D eigenvalue weighted by atomic mass is 16.8. The van der Waals surface area contributed by atoms with Gasteiger partial charge in [0.25, 0.3) is 0 Å². The highest BCUT2D eigenvalue weighted by molar-refractivity contribution is 5.76. The van der Waals surface area contributed by atoms with E-state index in [1.54, 1.807) is 6.08 Å². The predicted octanol–water partition coefficient (Wildman–Crippen LogP) is 2.75. The molecule has 0 saturated carbocycles. The van der Waals surface area contributed by atoms with Crippen LogP contribution < -0.4 is 5.32 Å². The van der Waals surface area contributed by atoms with Crippen molar-refractivity contribution in [2.75, 3.05) is 26.4 Å². The lowest BCUT2D eigenvalue weighted by atomic mass is 9.96. The summed E-state index contributed by atoms with van der Waals surface area (Å²) in [5, 5.41) is 120. The number of carbonyl (C=O) groups is 1. The second-order valence-corrected chi connectivity index (χ2v) is 19.3. The first kappa shape index (κ1) is 64.0. The third kappa shape index (κ3) is 22.5. The minimum atomic E-state index is -1.98. The van der Waals surface area contributed by atoms with E-state index in [0.717, 1.165) is 64.2 Å². The summed E-state index contributed by atoms with van der Waals surface area (Å²) >= 11 is 0. The normalized spacial score (nSPS) is 32.4. The van der Waals surface area contributed by atoms with Gasteiger partial charge in [-0.15, -0.1) is 0 Å². The van der Waals surface area contributed by atoms with Crippen molar-refractivity contribution in [2.24, 2.45) is 0 Å². The fraction of sp³-hybridized carbons (Fsp3) is 0.830. The SMILES string of the molecule is CCCC/C=C\C/C=C\CCCCCCCC(=O)NC(COC1OC(CO)C(OC2OC(CO)C(OC3OC(CO)C(O)C(O)C3O)C(O)C2O)C(O)C1O)C(O)/C=C/CC/C=C/CCCCCCCCC. The van der Waals surface area contributed by atoms with Gasteiger partial charge in [0.2, 0.25) is 5.91 Å². The number of ether oxygens (including phenoxy) is 6. The molecule has 0 aromatic carbocycles. The summed E-state index contributed by atoms with van der Waals surface area (Å²) in [5.41, 5.74) is 0. The first-order chi connectivity index (χ1) is 34.8. The van der Waals surface area contributed by atoms with Gasteiger partial charge >= 0.3 is 0 Å². The van der Waals surface area contributed by atoms with E-state index in [4.69, 9.17) is 28.4 Å². The zero-order valence-electron chi connectivity index (χ0n) is 42.9. The van der Waals surface area contributed by atoms with Gasteiger partial charge in [0.1, 0.15) is 73.2 Å². The number of hydrogen-bond donors (Lipinski definition) is 12. The number of aliphatic hydroxyl groups excluding tert-OH is 11. The second kappa shape index (κ2) is 37.5. The Bertz CT molecular complexity index is 1520. The summed E-state index contributed by atoms with van der Waals surface area (Å²) in [6.07, 6.45) is 11.1. The quantitative estimate of drug-likeness (QED) is 0.0315. The number of rotatable bonds is 37. The molecule has 3 aliphatic rings. The van der Waals surface area contributed by atoms with E-state index < -0.39 is 124 Å². The van der Waals surface area contributed by atoms with Crippen LogP contribution in [0.3, 0.4) is 0 Å². The monoisotopic (exact) mass is 1030 g/mol. The number of nitrogens with one attached hydrogen (secondary N) is 1. The number of unbranched alkanes of at least 4 members (excludes halogenated alkanes) is 15. The predicted molar refractivity (Wildman–Crippen MR) is 268 cm³/mol. The molecule has 3 saturated heterocycles. The van der Waals surface area contributed by atoms with Gasteiger partial charge in [-0.1, -0.05) is 133 Å². The Morgan fingerprint density at radius 2 is 0.944 bits per heavy atom. The van der Waals surface area contributed by atoms with Gasteiger partial charge < -0.3 is 89.9 Å². The second-order valence-electron chi connectivity index (χ2n) is 19.3. The molecule has 19 nitrogen and oxygen atoms in total. The van der Waals surface area contributed by atoms with E-state index in [1.165, 1.54) is 51.4 Å². The molecule has 3 fully saturated rings. The highest BCUT2D eigenvalue weighted by Crippen LogP contribution is 2.33. The summed E-state index contributed by atoms with van der Waals surface area (Å²) in [6, 6.07) is -0.995. The molecule has 3 aliphatic heterocycles. The van der Waals surface area contributed by atoms with Crippen LogP contribution in [0.5, 0.6) is 0 Å². The van der Waals surface area contributed by atoms with Gasteiger partial charge in [-0.25, -0.2) is 0 Å². The molecular formula is C53H93NO18. The van der Waals surface area contributed by atoms with E-state index in [-0.39, 0.29) is 18.9 Å². The Balaban J connectivity index is 1.57. The molecule has 17 unspecified atom stereocenters. The molecule has 0 aromatic heterocycles. The maximum absolute atomic E-state index is 13.2. The average Bonchev–Trinajstić information content (AvgIpc) is 3.37. The van der Waals surface area contributed by atoms with Crippen LogP contribution in [0.1, 0.15) is 149 Å². The molecule has 0 aromatic rings. The van der Waals surface area contributed by atoms with E-state index >= 15 is 0 Å². The molecule has 17 atom stereocenters. The largest absolute Gasteiger partial charge is 0.394 e. The molecule has 418 valence electrons. The van der Waals surface area contributed by atoms with Crippen molar-refractivity contribution >= 4 is 5.91 Å². The van der Waals surface area contributed by atoms with Gasteiger partial charge in [-0.2, -0.15) is 0 Å². The molecule has 0 spiro atoms. The van der Waals surface area contributed by atoms with Crippen LogP contribution >= 0.6 is 0 Å². The third-order valence-corrected chi connectivity index (χ3v) is 13.3. The van der Waals surface area contributed by atoms with Crippen LogP contribution in [-0.2, 0) is 33.2 Å². The molecule has 3 rings (SSSR count). The maximum Gasteiger partial charge on any atom is 0.220 e. The molecule has 0 bridgehead atoms. The van der Waals surface area contributed by atoms with Crippen LogP contribution in [0.4, 0.5) is 0 Å². The van der Waals surface area contributed by atoms with E-state index in [9.17, 15) is 61.0 Å². The molecule has 1 amide bonds. The molecule has 19 heteroatoms. The molecule has 0 aliphatic carbocycles. The molecular weight excluding hydrogens is 939 g/mol. The maximum atomic E-state index is 13.2. The van der Waals surface area contributed by atoms with Gasteiger partial charge in [-0.3, -0.25) is 4.79 Å². The Morgan fingerprint density at radius 1 is 0.500 bits per heavy atom. The molecule has 3 heterocycles. The molecule has 72 heavy (non-hydrogen) atoms. The molecule has 12 N–H and O–H groups in total. The topological polar surface area (TPSA) is 307 Å². The first-order valence-corrected chi connectivity index (χ1v) is 26.9. The van der Waals surface area contributed by atoms with Crippen molar-refractivity contribution in [3.63, 3.8) is 0 Å². The van der Waals surface area contributed by atoms with Gasteiger partial charge in [0.15, 0.2) is 18.9 Å². The zero-order valence-corrected chi connectivity index (χ0v) is 42.9. The fourth-order valence-electron chi connectivity index (χ4n) is 8.81. The standard InChI is InChI=1S/C53H93NO18/c1-3-5-7-9-11-13-15-17-19-21-23-25-27-29-31-41(59)54-36(37(58)30-28-26-24-22-20-18-16-14-12-10-8-6-4-2)35-67-51-47(65)44(62)49(39(33-56)69-51)72-53-48(66)45(63)50(40(34-57)70-53)71-52-46(64)43(61)42(60)38(32-55)68-52/h9,11,15,17,20,22,28,30,36-40,42-53,55-58,60-66H,3-8,10,12-14,16,18-19,21,23-27,29,31-35H2,1-2H3,(H,54,59)/b11-9-,17-15-,22-20+,30-28+.